The van der Waals surface area contributed by atoms with Gasteiger partial charge in [-0.25, -0.2) is 4.68 Å². The number of para-hydroxylation sites is 1. The number of hydrogen-bond donors (Lipinski definition) is 2. The average molecular weight is 405 g/mol. The Labute approximate surface area is 177 Å². The fourth-order valence-corrected chi connectivity index (χ4v) is 4.16. The molecule has 6 heteroatoms. The molecule has 1 aliphatic rings. The summed E-state index contributed by atoms with van der Waals surface area (Å²) in [5.41, 5.74) is 4.22. The molecule has 1 aliphatic heterocycles. The van der Waals surface area contributed by atoms with Crippen LogP contribution in [0.3, 0.4) is 0 Å². The van der Waals surface area contributed by atoms with Crippen LogP contribution in [0.1, 0.15) is 23.2 Å². The minimum Gasteiger partial charge on any atom is -0.392 e. The molecule has 0 saturated carbocycles. The molecule has 6 nitrogen and oxygen atoms in total. The predicted octanol–water partition coefficient (Wildman–Crippen LogP) is 2.47. The Morgan fingerprint density at radius 1 is 1.13 bits per heavy atom. The number of aryl methyl sites for hydroxylation is 1. The number of benzene rings is 2. The van der Waals surface area contributed by atoms with Crippen LogP contribution >= 0.6 is 0 Å². The van der Waals surface area contributed by atoms with E-state index >= 15 is 0 Å². The Bertz CT molecular complexity index is 986. The van der Waals surface area contributed by atoms with Crippen molar-refractivity contribution < 1.29 is 9.90 Å². The lowest BCUT2D eigenvalue weighted by Gasteiger charge is -2.36. The number of aliphatic hydroxyl groups is 1. The summed E-state index contributed by atoms with van der Waals surface area (Å²) in [5.74, 6) is -0.00558. The molecule has 2 aromatic carbocycles. The van der Waals surface area contributed by atoms with Gasteiger partial charge in [-0.2, -0.15) is 5.10 Å². The van der Waals surface area contributed by atoms with Crippen molar-refractivity contribution in [3.05, 3.63) is 83.7 Å². The maximum Gasteiger partial charge on any atom is 0.224 e. The smallest absolute Gasteiger partial charge is 0.224 e. The highest BCUT2D eigenvalue weighted by Crippen LogP contribution is 2.17. The Hall–Kier alpha value is -2.96. The molecule has 0 unspecified atom stereocenters. The number of carbonyl (C=O) groups is 1. The highest BCUT2D eigenvalue weighted by Gasteiger charge is 2.27. The Kier molecular flexibility index (Phi) is 6.26. The second kappa shape index (κ2) is 9.24. The van der Waals surface area contributed by atoms with Crippen LogP contribution in [-0.4, -0.2) is 50.9 Å². The van der Waals surface area contributed by atoms with Crippen LogP contribution in [0.2, 0.25) is 0 Å². The normalized spacial score (nSPS) is 19.5. The zero-order valence-electron chi connectivity index (χ0n) is 17.2. The van der Waals surface area contributed by atoms with E-state index in [4.69, 9.17) is 0 Å². The van der Waals surface area contributed by atoms with Gasteiger partial charge in [0.2, 0.25) is 5.91 Å². The van der Waals surface area contributed by atoms with Gasteiger partial charge in [0.15, 0.2) is 0 Å². The summed E-state index contributed by atoms with van der Waals surface area (Å²) >= 11 is 0. The lowest BCUT2D eigenvalue weighted by molar-refractivity contribution is -0.121. The van der Waals surface area contributed by atoms with Crippen molar-refractivity contribution in [2.75, 3.05) is 13.1 Å². The van der Waals surface area contributed by atoms with Gasteiger partial charge in [-0.3, -0.25) is 9.69 Å². The molecule has 2 N–H and O–H groups in total. The van der Waals surface area contributed by atoms with Crippen LogP contribution in [0.4, 0.5) is 0 Å². The minimum absolute atomic E-state index is 0.00558. The summed E-state index contributed by atoms with van der Waals surface area (Å²) in [6.07, 6.45) is 2.27. The first-order chi connectivity index (χ1) is 14.6. The molecule has 1 saturated heterocycles. The number of piperidine rings is 1. The number of aromatic nitrogens is 2. The van der Waals surface area contributed by atoms with Crippen molar-refractivity contribution in [3.8, 4) is 5.69 Å². The standard InChI is InChI=1S/C24H28N4O2/c1-18-6-5-7-19(12-18)13-24(30)26-20-14-23(29)17-27(15-20)16-22-10-11-25-28(22)21-8-3-2-4-9-21/h2-12,20,23,29H,13-17H2,1H3,(H,26,30)/t20-,23+/m0/s1. The number of aliphatic hydroxyl groups excluding tert-OH is 1. The van der Waals surface area contributed by atoms with E-state index in [2.05, 4.69) is 15.3 Å². The molecule has 1 fully saturated rings. The van der Waals surface area contributed by atoms with E-state index < -0.39 is 6.10 Å². The van der Waals surface area contributed by atoms with Gasteiger partial charge in [-0.05, 0) is 37.1 Å². The van der Waals surface area contributed by atoms with Crippen LogP contribution < -0.4 is 5.32 Å². The number of carbonyl (C=O) groups excluding carboxylic acids is 1. The number of amides is 1. The molecule has 1 amide bonds. The topological polar surface area (TPSA) is 70.4 Å². The number of nitrogens with zero attached hydrogens (tertiary/aromatic N) is 3. The number of hydrogen-bond acceptors (Lipinski definition) is 4. The van der Waals surface area contributed by atoms with E-state index in [1.807, 2.05) is 72.3 Å². The third kappa shape index (κ3) is 5.14. The highest BCUT2D eigenvalue weighted by atomic mass is 16.3. The van der Waals surface area contributed by atoms with Gasteiger partial charge in [-0.1, -0.05) is 48.0 Å². The summed E-state index contributed by atoms with van der Waals surface area (Å²) in [4.78, 5) is 14.7. The minimum atomic E-state index is -0.462. The van der Waals surface area contributed by atoms with Crippen molar-refractivity contribution in [2.24, 2.45) is 0 Å². The largest absolute Gasteiger partial charge is 0.392 e. The first-order valence-electron chi connectivity index (χ1n) is 10.4. The molecule has 2 atom stereocenters. The van der Waals surface area contributed by atoms with Crippen molar-refractivity contribution in [1.29, 1.82) is 0 Å². The lowest BCUT2D eigenvalue weighted by Crippen LogP contribution is -2.52. The van der Waals surface area contributed by atoms with Crippen LogP contribution in [-0.2, 0) is 17.8 Å². The van der Waals surface area contributed by atoms with Crippen LogP contribution in [0.15, 0.2) is 66.9 Å². The maximum atomic E-state index is 12.5. The van der Waals surface area contributed by atoms with Gasteiger partial charge in [-0.15, -0.1) is 0 Å². The predicted molar refractivity (Wildman–Crippen MR) is 116 cm³/mol. The Balaban J connectivity index is 1.38. The van der Waals surface area contributed by atoms with Gasteiger partial charge in [0.25, 0.3) is 0 Å². The fourth-order valence-electron chi connectivity index (χ4n) is 4.16. The van der Waals surface area contributed by atoms with Gasteiger partial charge in [0, 0.05) is 31.9 Å². The molecule has 0 spiro atoms. The third-order valence-corrected chi connectivity index (χ3v) is 5.42. The van der Waals surface area contributed by atoms with Crippen molar-refractivity contribution >= 4 is 5.91 Å². The second-order valence-electron chi connectivity index (χ2n) is 8.08. The van der Waals surface area contributed by atoms with Gasteiger partial charge in [0.05, 0.1) is 23.9 Å². The zero-order chi connectivity index (χ0) is 20.9. The third-order valence-electron chi connectivity index (χ3n) is 5.42. The Morgan fingerprint density at radius 3 is 2.77 bits per heavy atom. The molecule has 1 aromatic heterocycles. The van der Waals surface area contributed by atoms with E-state index in [1.54, 1.807) is 6.20 Å². The van der Waals surface area contributed by atoms with Gasteiger partial charge >= 0.3 is 0 Å². The molecular weight excluding hydrogens is 376 g/mol. The van der Waals surface area contributed by atoms with Gasteiger partial charge in [0.1, 0.15) is 0 Å². The molecule has 156 valence electrons. The first-order valence-corrected chi connectivity index (χ1v) is 10.4. The summed E-state index contributed by atoms with van der Waals surface area (Å²) in [7, 11) is 0. The highest BCUT2D eigenvalue weighted by molar-refractivity contribution is 5.78. The maximum absolute atomic E-state index is 12.5. The molecule has 3 aromatic rings. The summed E-state index contributed by atoms with van der Waals surface area (Å²) in [6.45, 7) is 3.98. The van der Waals surface area contributed by atoms with Crippen LogP contribution in [0, 0.1) is 6.92 Å². The zero-order valence-corrected chi connectivity index (χ0v) is 17.2. The molecular formula is C24H28N4O2. The molecule has 2 heterocycles. The Morgan fingerprint density at radius 2 is 1.97 bits per heavy atom. The summed E-state index contributed by atoms with van der Waals surface area (Å²) in [5, 5.41) is 17.9. The molecule has 0 radical (unpaired) electrons. The molecule has 4 rings (SSSR count). The second-order valence-corrected chi connectivity index (χ2v) is 8.08. The molecule has 0 bridgehead atoms. The van der Waals surface area contributed by atoms with Crippen molar-refractivity contribution in [3.63, 3.8) is 0 Å². The fraction of sp³-hybridized carbons (Fsp3) is 0.333. The number of β-amino-alcohol motifs (C(OH)–C–C–N with tert-alkyl or cyclic N) is 1. The number of nitrogens with one attached hydrogen (secondary N) is 1. The van der Waals surface area contributed by atoms with E-state index in [1.165, 1.54) is 0 Å². The summed E-state index contributed by atoms with van der Waals surface area (Å²) < 4.78 is 1.92. The molecule has 30 heavy (non-hydrogen) atoms. The SMILES string of the molecule is Cc1cccc(CC(=O)N[C@H]2C[C@@H](O)CN(Cc3ccnn3-c3ccccc3)C2)c1. The van der Waals surface area contributed by atoms with E-state index in [-0.39, 0.29) is 11.9 Å². The molecule has 0 aliphatic carbocycles. The number of rotatable bonds is 6. The monoisotopic (exact) mass is 404 g/mol. The van der Waals surface area contributed by atoms with Crippen molar-refractivity contribution in [1.82, 2.24) is 20.0 Å². The average Bonchev–Trinajstić information content (AvgIpc) is 3.16. The summed E-state index contributed by atoms with van der Waals surface area (Å²) in [6, 6.07) is 19.9. The number of likely N-dealkylation sites (tertiary alicyclic amines) is 1. The van der Waals surface area contributed by atoms with Crippen LogP contribution in [0.25, 0.3) is 5.69 Å². The quantitative estimate of drug-likeness (QED) is 0.662. The first kappa shape index (κ1) is 20.3. The lowest BCUT2D eigenvalue weighted by atomic mass is 10.0. The van der Waals surface area contributed by atoms with Crippen molar-refractivity contribution in [2.45, 2.75) is 38.5 Å². The van der Waals surface area contributed by atoms with Crippen LogP contribution in [0.5, 0.6) is 0 Å². The van der Waals surface area contributed by atoms with E-state index in [0.717, 1.165) is 22.5 Å². The van der Waals surface area contributed by atoms with E-state index in [0.29, 0.717) is 32.5 Å². The van der Waals surface area contributed by atoms with Gasteiger partial charge < -0.3 is 10.4 Å². The van der Waals surface area contributed by atoms with E-state index in [9.17, 15) is 9.90 Å².